The smallest absolute Gasteiger partial charge is 0.167 e. The molecule has 2 rings (SSSR count). The molecule has 0 aromatic heterocycles. The van der Waals surface area contributed by atoms with E-state index in [0.29, 0.717) is 11.4 Å². The molecule has 2 aromatic rings. The van der Waals surface area contributed by atoms with E-state index in [4.69, 9.17) is 15.2 Å². The summed E-state index contributed by atoms with van der Waals surface area (Å²) in [5, 5.41) is 0. The highest BCUT2D eigenvalue weighted by molar-refractivity contribution is 5.53. The van der Waals surface area contributed by atoms with Crippen molar-refractivity contribution in [3.63, 3.8) is 0 Å². The molecule has 0 spiro atoms. The van der Waals surface area contributed by atoms with Crippen LogP contribution >= 0.6 is 0 Å². The number of hydrogen-bond donors (Lipinski definition) is 1. The highest BCUT2D eigenvalue weighted by Crippen LogP contribution is 2.22. The Kier molecular flexibility index (Phi) is 4.40. The lowest BCUT2D eigenvalue weighted by Gasteiger charge is -2.11. The molecule has 0 aliphatic carbocycles. The second-order valence-corrected chi connectivity index (χ2v) is 4.31. The number of benzene rings is 2. The van der Waals surface area contributed by atoms with Crippen LogP contribution in [0.4, 0.5) is 14.5 Å². The molecular formula is C15H15F2NO2. The SMILES string of the molecule is Cc1ccc(N)c(OCCOc2ccc(F)cc2F)c1. The third-order valence-corrected chi connectivity index (χ3v) is 2.66. The molecule has 2 aromatic carbocycles. The fourth-order valence-electron chi connectivity index (χ4n) is 1.66. The Bertz CT molecular complexity index is 602. The highest BCUT2D eigenvalue weighted by atomic mass is 19.1. The van der Waals surface area contributed by atoms with Gasteiger partial charge >= 0.3 is 0 Å². The maximum atomic E-state index is 13.3. The first-order valence-electron chi connectivity index (χ1n) is 6.13. The molecule has 5 heteroatoms. The van der Waals surface area contributed by atoms with Crippen molar-refractivity contribution in [2.75, 3.05) is 18.9 Å². The number of aryl methyl sites for hydroxylation is 1. The summed E-state index contributed by atoms with van der Waals surface area (Å²) < 4.78 is 36.6. The van der Waals surface area contributed by atoms with E-state index in [0.717, 1.165) is 17.7 Å². The van der Waals surface area contributed by atoms with Gasteiger partial charge in [-0.2, -0.15) is 0 Å². The second-order valence-electron chi connectivity index (χ2n) is 4.31. The van der Waals surface area contributed by atoms with E-state index in [1.54, 1.807) is 6.07 Å². The molecule has 0 heterocycles. The molecule has 3 nitrogen and oxygen atoms in total. The predicted octanol–water partition coefficient (Wildman–Crippen LogP) is 3.31. The first-order chi connectivity index (χ1) is 9.56. The van der Waals surface area contributed by atoms with Crippen LogP contribution in [0.2, 0.25) is 0 Å². The number of hydrogen-bond acceptors (Lipinski definition) is 3. The summed E-state index contributed by atoms with van der Waals surface area (Å²) in [6, 6.07) is 8.60. The quantitative estimate of drug-likeness (QED) is 0.674. The van der Waals surface area contributed by atoms with Crippen molar-refractivity contribution >= 4 is 5.69 Å². The van der Waals surface area contributed by atoms with Crippen LogP contribution in [-0.2, 0) is 0 Å². The molecule has 0 saturated carbocycles. The van der Waals surface area contributed by atoms with Crippen molar-refractivity contribution in [2.45, 2.75) is 6.92 Å². The minimum Gasteiger partial charge on any atom is -0.488 e. The molecule has 2 N–H and O–H groups in total. The van der Waals surface area contributed by atoms with Crippen molar-refractivity contribution < 1.29 is 18.3 Å². The van der Waals surface area contributed by atoms with Crippen molar-refractivity contribution in [1.82, 2.24) is 0 Å². The van der Waals surface area contributed by atoms with Gasteiger partial charge in [-0.3, -0.25) is 0 Å². The van der Waals surface area contributed by atoms with Gasteiger partial charge in [-0.05, 0) is 36.8 Å². The molecule has 0 aliphatic heterocycles. The van der Waals surface area contributed by atoms with Gasteiger partial charge in [0, 0.05) is 6.07 Å². The van der Waals surface area contributed by atoms with Crippen molar-refractivity contribution in [3.05, 3.63) is 53.6 Å². The van der Waals surface area contributed by atoms with Gasteiger partial charge in [0.1, 0.15) is 24.8 Å². The van der Waals surface area contributed by atoms with Gasteiger partial charge in [0.25, 0.3) is 0 Å². The Morgan fingerprint density at radius 1 is 0.950 bits per heavy atom. The lowest BCUT2D eigenvalue weighted by atomic mass is 10.2. The summed E-state index contributed by atoms with van der Waals surface area (Å²) in [4.78, 5) is 0. The summed E-state index contributed by atoms with van der Waals surface area (Å²) >= 11 is 0. The lowest BCUT2D eigenvalue weighted by molar-refractivity contribution is 0.212. The summed E-state index contributed by atoms with van der Waals surface area (Å²) in [7, 11) is 0. The van der Waals surface area contributed by atoms with E-state index < -0.39 is 11.6 Å². The maximum Gasteiger partial charge on any atom is 0.167 e. The normalized spacial score (nSPS) is 10.3. The topological polar surface area (TPSA) is 44.5 Å². The largest absolute Gasteiger partial charge is 0.488 e. The molecule has 106 valence electrons. The maximum absolute atomic E-state index is 13.3. The Labute approximate surface area is 115 Å². The Hall–Kier alpha value is -2.30. The molecule has 0 amide bonds. The van der Waals surface area contributed by atoms with Gasteiger partial charge in [0.15, 0.2) is 11.6 Å². The van der Waals surface area contributed by atoms with Gasteiger partial charge in [0.2, 0.25) is 0 Å². The zero-order valence-electron chi connectivity index (χ0n) is 11.0. The summed E-state index contributed by atoms with van der Waals surface area (Å²) in [5.74, 6) is -0.820. The number of nitrogens with two attached hydrogens (primary N) is 1. The Morgan fingerprint density at radius 3 is 2.35 bits per heavy atom. The molecule has 0 radical (unpaired) electrons. The van der Waals surface area contributed by atoms with Crippen molar-refractivity contribution in [2.24, 2.45) is 0 Å². The molecular weight excluding hydrogens is 264 g/mol. The van der Waals surface area contributed by atoms with E-state index in [1.807, 2.05) is 19.1 Å². The van der Waals surface area contributed by atoms with E-state index in [-0.39, 0.29) is 19.0 Å². The van der Waals surface area contributed by atoms with Crippen LogP contribution in [0, 0.1) is 18.6 Å². The third kappa shape index (κ3) is 3.60. The van der Waals surface area contributed by atoms with Gasteiger partial charge in [0.05, 0.1) is 5.69 Å². The molecule has 0 unspecified atom stereocenters. The fraction of sp³-hybridized carbons (Fsp3) is 0.200. The number of halogens is 2. The average molecular weight is 279 g/mol. The van der Waals surface area contributed by atoms with E-state index in [1.165, 1.54) is 6.07 Å². The summed E-state index contributed by atoms with van der Waals surface area (Å²) in [6.45, 7) is 2.27. The zero-order valence-corrected chi connectivity index (χ0v) is 11.0. The van der Waals surface area contributed by atoms with Crippen LogP contribution in [0.5, 0.6) is 11.5 Å². The molecule has 0 aliphatic rings. The minimum atomic E-state index is -0.736. The van der Waals surface area contributed by atoms with E-state index >= 15 is 0 Å². The second kappa shape index (κ2) is 6.23. The van der Waals surface area contributed by atoms with Crippen molar-refractivity contribution in [1.29, 1.82) is 0 Å². The van der Waals surface area contributed by atoms with Crippen LogP contribution in [0.25, 0.3) is 0 Å². The molecule has 0 saturated heterocycles. The van der Waals surface area contributed by atoms with Crippen LogP contribution in [0.15, 0.2) is 36.4 Å². The van der Waals surface area contributed by atoms with Crippen molar-refractivity contribution in [3.8, 4) is 11.5 Å². The number of rotatable bonds is 5. The Morgan fingerprint density at radius 2 is 1.65 bits per heavy atom. The Balaban J connectivity index is 1.86. The third-order valence-electron chi connectivity index (χ3n) is 2.66. The lowest BCUT2D eigenvalue weighted by Crippen LogP contribution is -2.10. The minimum absolute atomic E-state index is 0.00721. The first kappa shape index (κ1) is 14.1. The molecule has 0 fully saturated rings. The van der Waals surface area contributed by atoms with Crippen LogP contribution in [0.1, 0.15) is 5.56 Å². The first-order valence-corrected chi connectivity index (χ1v) is 6.13. The van der Waals surface area contributed by atoms with Crippen LogP contribution in [0.3, 0.4) is 0 Å². The van der Waals surface area contributed by atoms with Crippen LogP contribution < -0.4 is 15.2 Å². The number of ether oxygens (including phenoxy) is 2. The molecule has 0 bridgehead atoms. The van der Waals surface area contributed by atoms with E-state index in [2.05, 4.69) is 0 Å². The number of nitrogen functional groups attached to an aromatic ring is 1. The van der Waals surface area contributed by atoms with Gasteiger partial charge in [-0.1, -0.05) is 6.07 Å². The van der Waals surface area contributed by atoms with Gasteiger partial charge in [-0.15, -0.1) is 0 Å². The molecule has 0 atom stereocenters. The standard InChI is InChI=1S/C15H15F2NO2/c1-10-2-4-13(18)15(8-10)20-7-6-19-14-5-3-11(16)9-12(14)17/h2-5,8-9H,6-7,18H2,1H3. The number of anilines is 1. The highest BCUT2D eigenvalue weighted by Gasteiger charge is 2.05. The summed E-state index contributed by atoms with van der Waals surface area (Å²) in [5.41, 5.74) is 7.31. The van der Waals surface area contributed by atoms with E-state index in [9.17, 15) is 8.78 Å². The average Bonchev–Trinajstić information content (AvgIpc) is 2.40. The van der Waals surface area contributed by atoms with Crippen LogP contribution in [-0.4, -0.2) is 13.2 Å². The fourth-order valence-corrected chi connectivity index (χ4v) is 1.66. The van der Waals surface area contributed by atoms with Gasteiger partial charge < -0.3 is 15.2 Å². The monoisotopic (exact) mass is 279 g/mol. The predicted molar refractivity (Wildman–Crippen MR) is 72.9 cm³/mol. The molecule has 20 heavy (non-hydrogen) atoms. The summed E-state index contributed by atoms with van der Waals surface area (Å²) in [6.07, 6.45) is 0. The van der Waals surface area contributed by atoms with Gasteiger partial charge in [-0.25, -0.2) is 8.78 Å². The zero-order chi connectivity index (χ0) is 14.5.